The van der Waals surface area contributed by atoms with Crippen molar-refractivity contribution in [3.8, 4) is 17.2 Å². The third-order valence-electron chi connectivity index (χ3n) is 1.38. The molecule has 0 amide bonds. The smallest absolute Gasteiger partial charge is 0.242 e. The Labute approximate surface area is 77.7 Å². The Morgan fingerprint density at radius 1 is 1.23 bits per heavy atom. The summed E-state index contributed by atoms with van der Waals surface area (Å²) in [4.78, 5) is 3.21. The first-order chi connectivity index (χ1) is 6.06. The quantitative estimate of drug-likeness (QED) is 0.476. The number of hydrogen-bond donors (Lipinski definition) is 3. The summed E-state index contributed by atoms with van der Waals surface area (Å²) < 4.78 is 11.6. The predicted molar refractivity (Wildman–Crippen MR) is 45.3 cm³/mol. The third-order valence-corrected chi connectivity index (χ3v) is 1.67. The van der Waals surface area contributed by atoms with Crippen LogP contribution in [0.25, 0.3) is 0 Å². The Balaban J connectivity index is 3.20. The van der Waals surface area contributed by atoms with E-state index in [0.717, 1.165) is 12.1 Å². The van der Waals surface area contributed by atoms with Gasteiger partial charge in [-0.2, -0.15) is 0 Å². The summed E-state index contributed by atoms with van der Waals surface area (Å²) in [6.07, 6.45) is 0. The number of halogens is 1. The van der Waals surface area contributed by atoms with Crippen LogP contribution < -0.4 is 0 Å². The summed E-state index contributed by atoms with van der Waals surface area (Å²) in [5.74, 6) is -1.89. The zero-order chi connectivity index (χ0) is 10.0. The van der Waals surface area contributed by atoms with Gasteiger partial charge in [-0.1, -0.05) is 0 Å². The lowest BCUT2D eigenvalue weighted by Gasteiger charge is -2.03. The van der Waals surface area contributed by atoms with Crippen molar-refractivity contribution in [3.63, 3.8) is 0 Å². The van der Waals surface area contributed by atoms with Gasteiger partial charge in [0, 0.05) is 10.1 Å². The van der Waals surface area contributed by atoms with E-state index in [0.29, 0.717) is 0 Å². The van der Waals surface area contributed by atoms with Gasteiger partial charge in [0.1, 0.15) is 0 Å². The summed E-state index contributed by atoms with van der Waals surface area (Å²) in [6.45, 7) is 0. The molecule has 1 aromatic rings. The van der Waals surface area contributed by atoms with Gasteiger partial charge in [0.15, 0.2) is 17.2 Å². The molecular weight excluding hydrogens is 199 g/mol. The summed E-state index contributed by atoms with van der Waals surface area (Å²) >= 11 is 4.38. The fraction of sp³-hybridized carbons (Fsp3) is 0. The van der Waals surface area contributed by atoms with E-state index >= 15 is 0 Å². The van der Waals surface area contributed by atoms with Gasteiger partial charge in [-0.3, -0.25) is 4.94 Å². The molecule has 0 aliphatic rings. The highest BCUT2D eigenvalue weighted by molar-refractivity contribution is 7.80. The molecule has 0 aliphatic carbocycles. The molecule has 0 radical (unpaired) electrons. The summed E-state index contributed by atoms with van der Waals surface area (Å²) in [5.41, 5.74) is -0.0368. The molecule has 0 aromatic heterocycles. The van der Waals surface area contributed by atoms with Gasteiger partial charge in [-0.25, -0.2) is 0 Å². The van der Waals surface area contributed by atoms with Gasteiger partial charge in [0.05, 0.1) is 0 Å². The van der Waals surface area contributed by atoms with Crippen molar-refractivity contribution in [2.45, 2.75) is 0 Å². The lowest BCUT2D eigenvalue weighted by molar-refractivity contribution is -0.0182. The molecule has 70 valence electrons. The Bertz CT molecular complexity index is 329. The number of aromatic hydroxyl groups is 3. The van der Waals surface area contributed by atoms with Crippen LogP contribution in [0.4, 0.5) is 4.53 Å². The van der Waals surface area contributed by atoms with E-state index in [1.54, 1.807) is 0 Å². The molecule has 6 heteroatoms. The van der Waals surface area contributed by atoms with Crippen LogP contribution in [0, 0.1) is 0 Å². The van der Waals surface area contributed by atoms with E-state index in [9.17, 15) is 4.53 Å². The Hall–Kier alpha value is -1.56. The highest BCUT2D eigenvalue weighted by Gasteiger charge is 2.12. The normalized spacial score (nSPS) is 9.62. The Kier molecular flexibility index (Phi) is 2.52. The van der Waals surface area contributed by atoms with Crippen molar-refractivity contribution in [1.82, 2.24) is 0 Å². The number of phenolic OH excluding ortho intramolecular Hbond substituents is 3. The van der Waals surface area contributed by atoms with Crippen LogP contribution in [0.3, 0.4) is 0 Å². The van der Waals surface area contributed by atoms with Crippen LogP contribution in [0.1, 0.15) is 5.56 Å². The second kappa shape index (κ2) is 3.44. The summed E-state index contributed by atoms with van der Waals surface area (Å²) in [5, 5.41) is 26.3. The number of rotatable bonds is 1. The standard InChI is InChI=1S/C7H5FO4S/c8-12-7(13)3-1-4(9)6(11)5(10)2-3/h1-2,9-11H. The summed E-state index contributed by atoms with van der Waals surface area (Å²) in [7, 11) is 0. The highest BCUT2D eigenvalue weighted by Crippen LogP contribution is 2.35. The van der Waals surface area contributed by atoms with Gasteiger partial charge in [-0.15, -0.1) is 0 Å². The minimum absolute atomic E-state index is 0.0368. The van der Waals surface area contributed by atoms with E-state index in [2.05, 4.69) is 17.2 Å². The number of benzene rings is 1. The fourth-order valence-corrected chi connectivity index (χ4v) is 0.884. The number of hydrogen-bond acceptors (Lipinski definition) is 5. The second-order valence-electron chi connectivity index (χ2n) is 2.23. The van der Waals surface area contributed by atoms with Crippen molar-refractivity contribution in [2.24, 2.45) is 0 Å². The zero-order valence-electron chi connectivity index (χ0n) is 6.19. The predicted octanol–water partition coefficient (Wildman–Crippen LogP) is 1.38. The first-order valence-corrected chi connectivity index (χ1v) is 3.55. The van der Waals surface area contributed by atoms with E-state index in [1.165, 1.54) is 0 Å². The van der Waals surface area contributed by atoms with Crippen LogP contribution >= 0.6 is 12.2 Å². The summed E-state index contributed by atoms with van der Waals surface area (Å²) in [6, 6.07) is 1.94. The molecule has 0 saturated heterocycles. The molecule has 0 aliphatic heterocycles. The van der Waals surface area contributed by atoms with Crippen molar-refractivity contribution in [2.75, 3.05) is 0 Å². The lowest BCUT2D eigenvalue weighted by atomic mass is 10.2. The van der Waals surface area contributed by atoms with Crippen LogP contribution in [-0.2, 0) is 4.94 Å². The minimum atomic E-state index is -0.689. The molecule has 3 N–H and O–H groups in total. The first-order valence-electron chi connectivity index (χ1n) is 3.14. The molecule has 13 heavy (non-hydrogen) atoms. The van der Waals surface area contributed by atoms with Gasteiger partial charge >= 0.3 is 0 Å². The van der Waals surface area contributed by atoms with Crippen LogP contribution in [-0.4, -0.2) is 20.4 Å². The molecule has 1 aromatic carbocycles. The van der Waals surface area contributed by atoms with Crippen molar-refractivity contribution in [3.05, 3.63) is 17.7 Å². The van der Waals surface area contributed by atoms with E-state index in [1.807, 2.05) is 0 Å². The Morgan fingerprint density at radius 2 is 1.69 bits per heavy atom. The average Bonchev–Trinajstić information content (AvgIpc) is 2.12. The molecule has 1 rings (SSSR count). The van der Waals surface area contributed by atoms with E-state index in [4.69, 9.17) is 15.3 Å². The SMILES string of the molecule is Oc1cc(C(=S)OF)cc(O)c1O. The van der Waals surface area contributed by atoms with Crippen LogP contribution in [0.15, 0.2) is 12.1 Å². The molecule has 0 saturated carbocycles. The monoisotopic (exact) mass is 204 g/mol. The fourth-order valence-electron chi connectivity index (χ4n) is 0.767. The highest BCUT2D eigenvalue weighted by atomic mass is 32.1. The third kappa shape index (κ3) is 1.78. The maximum atomic E-state index is 11.6. The van der Waals surface area contributed by atoms with E-state index in [-0.39, 0.29) is 5.56 Å². The maximum Gasteiger partial charge on any atom is 0.242 e. The second-order valence-corrected chi connectivity index (χ2v) is 2.60. The Morgan fingerprint density at radius 3 is 2.08 bits per heavy atom. The van der Waals surface area contributed by atoms with Crippen molar-refractivity contribution in [1.29, 1.82) is 0 Å². The van der Waals surface area contributed by atoms with Crippen molar-refractivity contribution < 1.29 is 24.8 Å². The van der Waals surface area contributed by atoms with Crippen LogP contribution in [0.5, 0.6) is 17.2 Å². The van der Waals surface area contributed by atoms with Gasteiger partial charge in [-0.05, 0) is 24.4 Å². The van der Waals surface area contributed by atoms with E-state index < -0.39 is 22.3 Å². The van der Waals surface area contributed by atoms with Gasteiger partial charge in [0.25, 0.3) is 0 Å². The number of thiocarbonyl (C=S) groups is 1. The minimum Gasteiger partial charge on any atom is -0.504 e. The molecule has 0 heterocycles. The topological polar surface area (TPSA) is 69.9 Å². The lowest BCUT2D eigenvalue weighted by Crippen LogP contribution is -1.96. The molecular formula is C7H5FO4S. The largest absolute Gasteiger partial charge is 0.504 e. The molecule has 0 bridgehead atoms. The molecule has 0 unspecified atom stereocenters. The zero-order valence-corrected chi connectivity index (χ0v) is 7.01. The average molecular weight is 204 g/mol. The van der Waals surface area contributed by atoms with Gasteiger partial charge < -0.3 is 15.3 Å². The van der Waals surface area contributed by atoms with Gasteiger partial charge in [0.2, 0.25) is 5.05 Å². The molecule has 4 nitrogen and oxygen atoms in total. The molecule has 0 fully saturated rings. The maximum absolute atomic E-state index is 11.6. The molecule has 0 spiro atoms. The van der Waals surface area contributed by atoms with Crippen LogP contribution in [0.2, 0.25) is 0 Å². The first kappa shape index (κ1) is 9.53. The molecule has 0 atom stereocenters. The van der Waals surface area contributed by atoms with Crippen molar-refractivity contribution >= 4 is 17.3 Å². The number of phenols is 3.